The van der Waals surface area contributed by atoms with Crippen LogP contribution in [0.1, 0.15) is 29.6 Å². The first-order chi connectivity index (χ1) is 15.1. The van der Waals surface area contributed by atoms with Crippen molar-refractivity contribution >= 4 is 28.5 Å². The highest BCUT2D eigenvalue weighted by molar-refractivity contribution is 5.98. The van der Waals surface area contributed by atoms with Gasteiger partial charge in [0.1, 0.15) is 5.82 Å². The highest BCUT2D eigenvalue weighted by atomic mass is 19.1. The molecule has 2 aromatic carbocycles. The zero-order valence-corrected chi connectivity index (χ0v) is 17.1. The number of likely N-dealkylation sites (tertiary alicyclic amines) is 1. The lowest BCUT2D eigenvalue weighted by molar-refractivity contribution is 0.0830. The minimum atomic E-state index is -0.535. The number of Topliss-reactive ketones (excluding diaryl/α,β-unsaturated/α-hetero) is 1. The molecule has 0 aliphatic carbocycles. The molecule has 1 fully saturated rings. The van der Waals surface area contributed by atoms with Crippen LogP contribution in [0, 0.1) is 11.7 Å². The lowest BCUT2D eigenvalue weighted by atomic mass is 9.89. The summed E-state index contributed by atoms with van der Waals surface area (Å²) in [7, 11) is 0. The highest BCUT2D eigenvalue weighted by Crippen LogP contribution is 2.23. The van der Waals surface area contributed by atoms with Gasteiger partial charge < -0.3 is 14.2 Å². The van der Waals surface area contributed by atoms with E-state index in [1.807, 2.05) is 6.07 Å². The second-order valence-corrected chi connectivity index (χ2v) is 7.65. The Kier molecular flexibility index (Phi) is 6.57. The number of aromatic nitrogens is 1. The number of carbonyl (C=O) groups is 2. The fourth-order valence-corrected chi connectivity index (χ4v) is 3.86. The molecule has 0 bridgehead atoms. The molecule has 1 aliphatic rings. The molecule has 3 aromatic rings. The third kappa shape index (κ3) is 5.27. The number of carbonyl (C=O) groups excluding carboxylic acids is 2. The molecule has 2 heterocycles. The second-order valence-electron chi connectivity index (χ2n) is 7.65. The van der Waals surface area contributed by atoms with Crippen molar-refractivity contribution < 1.29 is 23.2 Å². The monoisotopic (exact) mass is 425 g/mol. The molecule has 0 radical (unpaired) electrons. The number of ketones is 1. The fourth-order valence-electron chi connectivity index (χ4n) is 3.86. The van der Waals surface area contributed by atoms with Gasteiger partial charge in [0.05, 0.1) is 18.5 Å². The minimum Gasteiger partial charge on any atom is -0.449 e. The summed E-state index contributed by atoms with van der Waals surface area (Å²) in [5, 5.41) is 7.21. The topological polar surface area (TPSA) is 84.7 Å². The number of nitrogens with one attached hydrogen (secondary N) is 1. The van der Waals surface area contributed by atoms with Gasteiger partial charge in [0.15, 0.2) is 11.4 Å². The predicted molar refractivity (Wildman–Crippen MR) is 113 cm³/mol. The summed E-state index contributed by atoms with van der Waals surface area (Å²) in [6.07, 6.45) is 3.31. The van der Waals surface area contributed by atoms with Crippen LogP contribution in [0.15, 0.2) is 53.2 Å². The van der Waals surface area contributed by atoms with E-state index in [1.54, 1.807) is 30.5 Å². The van der Waals surface area contributed by atoms with Gasteiger partial charge in [-0.3, -0.25) is 10.1 Å². The molecule has 1 N–H and O–H groups in total. The average molecular weight is 425 g/mol. The largest absolute Gasteiger partial charge is 0.449 e. The van der Waals surface area contributed by atoms with Crippen molar-refractivity contribution in [2.75, 3.05) is 31.6 Å². The SMILES string of the molecule is O=C(Nc1cccc2cnoc12)OCCCN1CCC(C(=O)c2ccc(F)cc2)CC1. The number of piperidine rings is 1. The number of amides is 1. The number of nitrogens with zero attached hydrogens (tertiary/aromatic N) is 2. The summed E-state index contributed by atoms with van der Waals surface area (Å²) in [5.74, 6) is -0.277. The summed E-state index contributed by atoms with van der Waals surface area (Å²) in [6.45, 7) is 2.73. The van der Waals surface area contributed by atoms with E-state index in [0.29, 0.717) is 29.9 Å². The Morgan fingerprint density at radius 1 is 1.16 bits per heavy atom. The standard InChI is InChI=1S/C23H24FN3O4/c24-19-7-5-16(6-8-19)21(28)17-9-12-27(13-10-17)11-2-14-30-23(29)26-20-4-1-3-18-15-25-31-22(18)20/h1,3-8,15,17H,2,9-14H2,(H,26,29). The van der Waals surface area contributed by atoms with Gasteiger partial charge in [0.2, 0.25) is 0 Å². The van der Waals surface area contributed by atoms with E-state index in [9.17, 15) is 14.0 Å². The smallest absolute Gasteiger partial charge is 0.411 e. The molecule has 162 valence electrons. The van der Waals surface area contributed by atoms with Crippen molar-refractivity contribution in [3.63, 3.8) is 0 Å². The number of ether oxygens (including phenoxy) is 1. The summed E-state index contributed by atoms with van der Waals surface area (Å²) in [4.78, 5) is 26.9. The zero-order chi connectivity index (χ0) is 21.6. The summed E-state index contributed by atoms with van der Waals surface area (Å²) >= 11 is 0. The van der Waals surface area contributed by atoms with Gasteiger partial charge >= 0.3 is 6.09 Å². The molecular formula is C23H24FN3O4. The minimum absolute atomic E-state index is 0.0254. The Morgan fingerprint density at radius 3 is 2.71 bits per heavy atom. The molecule has 0 unspecified atom stereocenters. The Morgan fingerprint density at radius 2 is 1.94 bits per heavy atom. The van der Waals surface area contributed by atoms with Gasteiger partial charge in [-0.05, 0) is 68.8 Å². The van der Waals surface area contributed by atoms with Crippen LogP contribution in [0.5, 0.6) is 0 Å². The van der Waals surface area contributed by atoms with Gasteiger partial charge in [0, 0.05) is 23.4 Å². The van der Waals surface area contributed by atoms with Gasteiger partial charge in [-0.2, -0.15) is 0 Å². The number of hydrogen-bond acceptors (Lipinski definition) is 6. The first-order valence-corrected chi connectivity index (χ1v) is 10.4. The van der Waals surface area contributed by atoms with Crippen LogP contribution < -0.4 is 5.32 Å². The van der Waals surface area contributed by atoms with Gasteiger partial charge in [-0.1, -0.05) is 11.2 Å². The van der Waals surface area contributed by atoms with E-state index in [4.69, 9.17) is 9.26 Å². The summed E-state index contributed by atoms with van der Waals surface area (Å²) in [6, 6.07) is 11.1. The van der Waals surface area contributed by atoms with E-state index in [-0.39, 0.29) is 17.5 Å². The van der Waals surface area contributed by atoms with Crippen molar-refractivity contribution in [1.29, 1.82) is 0 Å². The van der Waals surface area contributed by atoms with Crippen LogP contribution in [0.2, 0.25) is 0 Å². The second kappa shape index (κ2) is 9.70. The molecule has 0 saturated carbocycles. The molecule has 1 aromatic heterocycles. The van der Waals surface area contributed by atoms with Crippen LogP contribution in [0.25, 0.3) is 11.0 Å². The van der Waals surface area contributed by atoms with E-state index in [2.05, 4.69) is 15.4 Å². The Labute approximate surface area is 179 Å². The number of para-hydroxylation sites is 1. The lowest BCUT2D eigenvalue weighted by Gasteiger charge is -2.31. The predicted octanol–water partition coefficient (Wildman–Crippen LogP) is 4.50. The van der Waals surface area contributed by atoms with Crippen LogP contribution in [-0.2, 0) is 4.74 Å². The van der Waals surface area contributed by atoms with E-state index in [1.165, 1.54) is 12.1 Å². The van der Waals surface area contributed by atoms with Crippen molar-refractivity contribution in [1.82, 2.24) is 10.1 Å². The number of fused-ring (bicyclic) bond motifs is 1. The Balaban J connectivity index is 1.15. The third-order valence-electron chi connectivity index (χ3n) is 5.56. The van der Waals surface area contributed by atoms with Gasteiger partial charge in [-0.15, -0.1) is 0 Å². The molecule has 1 saturated heterocycles. The third-order valence-corrected chi connectivity index (χ3v) is 5.56. The maximum Gasteiger partial charge on any atom is 0.411 e. The number of halogens is 1. The first-order valence-electron chi connectivity index (χ1n) is 10.4. The lowest BCUT2D eigenvalue weighted by Crippen LogP contribution is -2.37. The summed E-state index contributed by atoms with van der Waals surface area (Å²) in [5.41, 5.74) is 1.60. The number of hydrogen-bond donors (Lipinski definition) is 1. The molecule has 31 heavy (non-hydrogen) atoms. The fraction of sp³-hybridized carbons (Fsp3) is 0.348. The normalized spacial score (nSPS) is 15.1. The quantitative estimate of drug-likeness (QED) is 0.443. The van der Waals surface area contributed by atoms with Crippen molar-refractivity contribution in [2.45, 2.75) is 19.3 Å². The van der Waals surface area contributed by atoms with Crippen molar-refractivity contribution in [3.8, 4) is 0 Å². The summed E-state index contributed by atoms with van der Waals surface area (Å²) < 4.78 is 23.5. The first kappa shape index (κ1) is 21.0. The molecule has 8 heteroatoms. The average Bonchev–Trinajstić information content (AvgIpc) is 3.27. The molecule has 4 rings (SSSR count). The number of rotatable bonds is 7. The van der Waals surface area contributed by atoms with Crippen LogP contribution >= 0.6 is 0 Å². The van der Waals surface area contributed by atoms with Gasteiger partial charge in [-0.25, -0.2) is 9.18 Å². The van der Waals surface area contributed by atoms with E-state index < -0.39 is 6.09 Å². The highest BCUT2D eigenvalue weighted by Gasteiger charge is 2.25. The van der Waals surface area contributed by atoms with E-state index >= 15 is 0 Å². The van der Waals surface area contributed by atoms with Crippen molar-refractivity contribution in [3.05, 3.63) is 60.0 Å². The molecule has 1 amide bonds. The maximum absolute atomic E-state index is 13.0. The van der Waals surface area contributed by atoms with Crippen LogP contribution in [-0.4, -0.2) is 48.2 Å². The number of anilines is 1. The molecule has 7 nitrogen and oxygen atoms in total. The van der Waals surface area contributed by atoms with Crippen LogP contribution in [0.4, 0.5) is 14.9 Å². The van der Waals surface area contributed by atoms with Crippen molar-refractivity contribution in [2.24, 2.45) is 5.92 Å². The molecule has 0 atom stereocenters. The molecule has 0 spiro atoms. The molecule has 1 aliphatic heterocycles. The maximum atomic E-state index is 13.0. The Bertz CT molecular complexity index is 1040. The van der Waals surface area contributed by atoms with Gasteiger partial charge in [0.25, 0.3) is 0 Å². The van der Waals surface area contributed by atoms with E-state index in [0.717, 1.165) is 37.9 Å². The molecular weight excluding hydrogens is 401 g/mol. The Hall–Kier alpha value is -3.26. The zero-order valence-electron chi connectivity index (χ0n) is 17.1. The number of benzene rings is 2. The van der Waals surface area contributed by atoms with Crippen LogP contribution in [0.3, 0.4) is 0 Å².